The molecule has 5 nitrogen and oxygen atoms in total. The lowest BCUT2D eigenvalue weighted by Gasteiger charge is -2.07. The number of carbonyl (C=O) groups is 2. The van der Waals surface area contributed by atoms with E-state index in [4.69, 9.17) is 4.42 Å². The molecule has 26 heavy (non-hydrogen) atoms. The van der Waals surface area contributed by atoms with E-state index in [9.17, 15) is 14.4 Å². The summed E-state index contributed by atoms with van der Waals surface area (Å²) in [5.41, 5.74) is 1.38. The summed E-state index contributed by atoms with van der Waals surface area (Å²) >= 11 is 0. The van der Waals surface area contributed by atoms with Gasteiger partial charge in [-0.2, -0.15) is 0 Å². The summed E-state index contributed by atoms with van der Waals surface area (Å²) in [5.74, 6) is -0.698. The van der Waals surface area contributed by atoms with Crippen LogP contribution >= 0.6 is 0 Å². The minimum absolute atomic E-state index is 0.0959. The molecular weight excluding hydrogens is 330 g/mol. The molecule has 0 saturated carbocycles. The molecule has 0 radical (unpaired) electrons. The zero-order chi connectivity index (χ0) is 18.7. The van der Waals surface area contributed by atoms with Crippen molar-refractivity contribution < 1.29 is 14.0 Å². The molecule has 130 valence electrons. The molecule has 1 amide bonds. The van der Waals surface area contributed by atoms with E-state index in [-0.39, 0.29) is 11.3 Å². The number of anilines is 1. The maximum atomic E-state index is 12.5. The lowest BCUT2D eigenvalue weighted by atomic mass is 10.1. The first-order chi connectivity index (χ1) is 12.5. The molecule has 5 heteroatoms. The van der Waals surface area contributed by atoms with Gasteiger partial charge in [0, 0.05) is 16.6 Å². The Hall–Kier alpha value is -3.47. The molecule has 0 aliphatic carbocycles. The standard InChI is InChI=1S/C21H17NO4/c1-3-6-14-7-4-9-16-12-18(21(25)26-19(14)16)20(24)22-17-10-5-8-15(11-17)13(2)23/h3-5,7-12H,1,6H2,2H3,(H,22,24). The zero-order valence-corrected chi connectivity index (χ0v) is 14.2. The minimum Gasteiger partial charge on any atom is -0.422 e. The van der Waals surface area contributed by atoms with Crippen LogP contribution in [0.25, 0.3) is 11.0 Å². The van der Waals surface area contributed by atoms with E-state index in [0.29, 0.717) is 28.6 Å². The Kier molecular flexibility index (Phi) is 4.80. The van der Waals surface area contributed by atoms with Gasteiger partial charge in [0.1, 0.15) is 11.1 Å². The van der Waals surface area contributed by atoms with E-state index >= 15 is 0 Å². The first-order valence-electron chi connectivity index (χ1n) is 8.08. The third-order valence-corrected chi connectivity index (χ3v) is 3.98. The SMILES string of the molecule is C=CCc1cccc2cc(C(=O)Nc3cccc(C(C)=O)c3)c(=O)oc12. The topological polar surface area (TPSA) is 76.4 Å². The van der Waals surface area contributed by atoms with Crippen molar-refractivity contribution in [1.29, 1.82) is 0 Å². The van der Waals surface area contributed by atoms with E-state index in [0.717, 1.165) is 5.56 Å². The number of hydrogen-bond donors (Lipinski definition) is 1. The van der Waals surface area contributed by atoms with Gasteiger partial charge in [0.2, 0.25) is 0 Å². The highest BCUT2D eigenvalue weighted by Gasteiger charge is 2.15. The summed E-state index contributed by atoms with van der Waals surface area (Å²) in [6.45, 7) is 5.13. The number of rotatable bonds is 5. The van der Waals surface area contributed by atoms with Crippen LogP contribution in [-0.2, 0) is 6.42 Å². The number of ketones is 1. The van der Waals surface area contributed by atoms with Gasteiger partial charge in [-0.3, -0.25) is 9.59 Å². The van der Waals surface area contributed by atoms with Crippen LogP contribution in [0.15, 0.2) is 70.4 Å². The molecule has 3 aromatic rings. The van der Waals surface area contributed by atoms with Crippen molar-refractivity contribution in [1.82, 2.24) is 0 Å². The van der Waals surface area contributed by atoms with Crippen molar-refractivity contribution in [2.75, 3.05) is 5.32 Å². The van der Waals surface area contributed by atoms with Crippen LogP contribution in [0.5, 0.6) is 0 Å². The molecule has 3 rings (SSSR count). The number of allylic oxidation sites excluding steroid dienone is 1. The van der Waals surface area contributed by atoms with Crippen LogP contribution in [0.3, 0.4) is 0 Å². The Balaban J connectivity index is 1.97. The van der Waals surface area contributed by atoms with Crippen molar-refractivity contribution in [2.24, 2.45) is 0 Å². The molecule has 0 atom stereocenters. The summed E-state index contributed by atoms with van der Waals surface area (Å²) in [4.78, 5) is 36.2. The number of benzene rings is 2. The summed E-state index contributed by atoms with van der Waals surface area (Å²) in [7, 11) is 0. The molecule has 0 spiro atoms. The van der Waals surface area contributed by atoms with E-state index in [1.54, 1.807) is 36.4 Å². The quantitative estimate of drug-likeness (QED) is 0.430. The number of fused-ring (bicyclic) bond motifs is 1. The number of para-hydroxylation sites is 1. The fourth-order valence-corrected chi connectivity index (χ4v) is 2.69. The van der Waals surface area contributed by atoms with E-state index < -0.39 is 11.5 Å². The zero-order valence-electron chi connectivity index (χ0n) is 14.2. The first kappa shape index (κ1) is 17.4. The van der Waals surface area contributed by atoms with Gasteiger partial charge in [-0.05, 0) is 37.1 Å². The Morgan fingerprint density at radius 1 is 1.15 bits per heavy atom. The maximum Gasteiger partial charge on any atom is 0.349 e. The normalized spacial score (nSPS) is 10.5. The van der Waals surface area contributed by atoms with Crippen molar-refractivity contribution >= 4 is 28.3 Å². The predicted octanol–water partition coefficient (Wildman–Crippen LogP) is 3.98. The lowest BCUT2D eigenvalue weighted by Crippen LogP contribution is -2.21. The summed E-state index contributed by atoms with van der Waals surface area (Å²) in [6, 6.07) is 13.5. The Morgan fingerprint density at radius 3 is 2.65 bits per heavy atom. The van der Waals surface area contributed by atoms with Gasteiger partial charge in [0.15, 0.2) is 5.78 Å². The Bertz CT molecular complexity index is 1080. The molecule has 0 aliphatic heterocycles. The van der Waals surface area contributed by atoms with Crippen molar-refractivity contribution in [3.8, 4) is 0 Å². The molecule has 0 bridgehead atoms. The largest absolute Gasteiger partial charge is 0.422 e. The highest BCUT2D eigenvalue weighted by atomic mass is 16.4. The summed E-state index contributed by atoms with van der Waals surface area (Å²) in [6.07, 6.45) is 2.28. The molecule has 1 aromatic heterocycles. The van der Waals surface area contributed by atoms with E-state index in [1.165, 1.54) is 13.0 Å². The van der Waals surface area contributed by atoms with Crippen molar-refractivity contribution in [2.45, 2.75) is 13.3 Å². The molecule has 0 saturated heterocycles. The van der Waals surface area contributed by atoms with Gasteiger partial charge in [0.25, 0.3) is 5.91 Å². The van der Waals surface area contributed by atoms with E-state index in [1.807, 2.05) is 12.1 Å². The smallest absolute Gasteiger partial charge is 0.349 e. The lowest BCUT2D eigenvalue weighted by molar-refractivity contribution is 0.100. The van der Waals surface area contributed by atoms with Gasteiger partial charge < -0.3 is 9.73 Å². The Labute approximate surface area is 150 Å². The van der Waals surface area contributed by atoms with Crippen LogP contribution in [0.1, 0.15) is 33.2 Å². The summed E-state index contributed by atoms with van der Waals surface area (Å²) < 4.78 is 5.38. The van der Waals surface area contributed by atoms with Gasteiger partial charge in [-0.15, -0.1) is 6.58 Å². The number of carbonyl (C=O) groups excluding carboxylic acids is 2. The highest BCUT2D eigenvalue weighted by molar-refractivity contribution is 6.06. The van der Waals surface area contributed by atoms with Gasteiger partial charge >= 0.3 is 5.63 Å². The Morgan fingerprint density at radius 2 is 1.92 bits per heavy atom. The van der Waals surface area contributed by atoms with Crippen molar-refractivity contribution in [3.63, 3.8) is 0 Å². The van der Waals surface area contributed by atoms with Crippen LogP contribution in [-0.4, -0.2) is 11.7 Å². The predicted molar refractivity (Wildman–Crippen MR) is 101 cm³/mol. The minimum atomic E-state index is -0.714. The van der Waals surface area contributed by atoms with E-state index in [2.05, 4.69) is 11.9 Å². The molecule has 2 aromatic carbocycles. The fourth-order valence-electron chi connectivity index (χ4n) is 2.69. The van der Waals surface area contributed by atoms with Crippen LogP contribution in [0.2, 0.25) is 0 Å². The molecule has 1 N–H and O–H groups in total. The number of hydrogen-bond acceptors (Lipinski definition) is 4. The summed E-state index contributed by atoms with van der Waals surface area (Å²) in [5, 5.41) is 3.29. The molecule has 1 heterocycles. The third kappa shape index (κ3) is 3.47. The maximum absolute atomic E-state index is 12.5. The van der Waals surface area contributed by atoms with Gasteiger partial charge in [0.05, 0.1) is 0 Å². The highest BCUT2D eigenvalue weighted by Crippen LogP contribution is 2.20. The average molecular weight is 347 g/mol. The first-order valence-corrected chi connectivity index (χ1v) is 8.08. The molecular formula is C21H17NO4. The molecule has 0 unspecified atom stereocenters. The monoisotopic (exact) mass is 347 g/mol. The van der Waals surface area contributed by atoms with Gasteiger partial charge in [-0.25, -0.2) is 4.79 Å². The second kappa shape index (κ2) is 7.19. The third-order valence-electron chi connectivity index (χ3n) is 3.98. The van der Waals surface area contributed by atoms with Crippen LogP contribution in [0, 0.1) is 0 Å². The second-order valence-electron chi connectivity index (χ2n) is 5.87. The number of amides is 1. The average Bonchev–Trinajstić information content (AvgIpc) is 2.62. The number of nitrogens with one attached hydrogen (secondary N) is 1. The molecule has 0 fully saturated rings. The van der Waals surface area contributed by atoms with Crippen LogP contribution < -0.4 is 10.9 Å². The molecule has 0 aliphatic rings. The number of Topliss-reactive ketones (excluding diaryl/α,β-unsaturated/α-hetero) is 1. The fraction of sp³-hybridized carbons (Fsp3) is 0.0952. The second-order valence-corrected chi connectivity index (χ2v) is 5.87. The van der Waals surface area contributed by atoms with Crippen LogP contribution in [0.4, 0.5) is 5.69 Å². The van der Waals surface area contributed by atoms with Gasteiger partial charge in [-0.1, -0.05) is 36.4 Å². The van der Waals surface area contributed by atoms with Crippen molar-refractivity contribution in [3.05, 3.63) is 88.3 Å².